The van der Waals surface area contributed by atoms with E-state index in [-0.39, 0.29) is 5.91 Å². The molecule has 1 N–H and O–H groups in total. The first-order valence-electron chi connectivity index (χ1n) is 14.7. The second-order valence-corrected chi connectivity index (χ2v) is 10.4. The van der Waals surface area contributed by atoms with E-state index in [4.69, 9.17) is 5.10 Å². The number of rotatable bonds is 18. The van der Waals surface area contributed by atoms with E-state index in [2.05, 4.69) is 48.6 Å². The molecule has 5 nitrogen and oxygen atoms in total. The van der Waals surface area contributed by atoms with E-state index in [0.717, 1.165) is 35.3 Å². The molecule has 0 spiro atoms. The fraction of sp³-hybridized carbons (Fsp3) is 0.485. The Morgan fingerprint density at radius 2 is 1.39 bits per heavy atom. The number of para-hydroxylation sites is 1. The van der Waals surface area contributed by atoms with Gasteiger partial charge in [-0.2, -0.15) is 10.2 Å². The van der Waals surface area contributed by atoms with Crippen LogP contribution in [0.1, 0.15) is 108 Å². The van der Waals surface area contributed by atoms with Gasteiger partial charge in [0.25, 0.3) is 0 Å². The van der Waals surface area contributed by atoms with Gasteiger partial charge in [0.2, 0.25) is 5.91 Å². The standard InChI is InChI=1S/C33H46N4O/c1-3-4-5-6-7-8-9-10-11-12-13-14-18-21-32(38)35-34-26-30-27-37(31-19-16-15-17-20-31)36-33(30)29-24-22-28(2)23-25-29/h15-17,19-20,22-27H,3-14,18,21H2,1-2H3,(H,35,38)/b34-26+. The van der Waals surface area contributed by atoms with Crippen molar-refractivity contribution in [1.29, 1.82) is 0 Å². The second-order valence-electron chi connectivity index (χ2n) is 10.4. The van der Waals surface area contributed by atoms with Crippen LogP contribution in [0.3, 0.4) is 0 Å². The summed E-state index contributed by atoms with van der Waals surface area (Å²) in [5.41, 5.74) is 7.60. The highest BCUT2D eigenvalue weighted by atomic mass is 16.2. The van der Waals surface area contributed by atoms with Crippen LogP contribution in [0.5, 0.6) is 0 Å². The minimum atomic E-state index is -0.0309. The fourth-order valence-corrected chi connectivity index (χ4v) is 4.66. The molecule has 0 radical (unpaired) electrons. The van der Waals surface area contributed by atoms with Crippen LogP contribution in [0.15, 0.2) is 65.9 Å². The van der Waals surface area contributed by atoms with Crippen LogP contribution in [0.25, 0.3) is 16.9 Å². The summed E-state index contributed by atoms with van der Waals surface area (Å²) in [4.78, 5) is 12.3. The number of benzene rings is 2. The molecule has 3 aromatic rings. The molecule has 0 saturated carbocycles. The molecule has 1 heterocycles. The fourth-order valence-electron chi connectivity index (χ4n) is 4.66. The minimum absolute atomic E-state index is 0.0309. The molecule has 3 rings (SSSR count). The number of aryl methyl sites for hydroxylation is 1. The summed E-state index contributed by atoms with van der Waals surface area (Å²) in [5, 5.41) is 9.06. The van der Waals surface area contributed by atoms with Crippen molar-refractivity contribution in [3.05, 3.63) is 71.9 Å². The molecule has 1 amide bonds. The van der Waals surface area contributed by atoms with Gasteiger partial charge in [-0.05, 0) is 25.5 Å². The highest BCUT2D eigenvalue weighted by Crippen LogP contribution is 2.23. The van der Waals surface area contributed by atoms with Gasteiger partial charge < -0.3 is 0 Å². The van der Waals surface area contributed by atoms with E-state index < -0.39 is 0 Å². The summed E-state index contributed by atoms with van der Waals surface area (Å²) in [6.07, 6.45) is 21.1. The molecule has 204 valence electrons. The van der Waals surface area contributed by atoms with Gasteiger partial charge in [-0.15, -0.1) is 0 Å². The van der Waals surface area contributed by atoms with Crippen molar-refractivity contribution in [3.63, 3.8) is 0 Å². The molecule has 0 saturated heterocycles. The highest BCUT2D eigenvalue weighted by Gasteiger charge is 2.11. The third-order valence-corrected chi connectivity index (χ3v) is 6.99. The maximum atomic E-state index is 12.3. The molecule has 38 heavy (non-hydrogen) atoms. The number of nitrogens with one attached hydrogen (secondary N) is 1. The van der Waals surface area contributed by atoms with Crippen LogP contribution in [0.4, 0.5) is 0 Å². The Kier molecular flexibility index (Phi) is 13.4. The van der Waals surface area contributed by atoms with Gasteiger partial charge in [0.15, 0.2) is 0 Å². The van der Waals surface area contributed by atoms with Crippen molar-refractivity contribution in [3.8, 4) is 16.9 Å². The summed E-state index contributed by atoms with van der Waals surface area (Å²) in [5.74, 6) is -0.0309. The van der Waals surface area contributed by atoms with Crippen molar-refractivity contribution in [2.75, 3.05) is 0 Å². The SMILES string of the molecule is CCCCCCCCCCCCCCCC(=O)N/N=C/c1cn(-c2ccccc2)nc1-c1ccc(C)cc1. The van der Waals surface area contributed by atoms with Crippen LogP contribution < -0.4 is 5.43 Å². The Morgan fingerprint density at radius 1 is 0.816 bits per heavy atom. The number of carbonyl (C=O) groups is 1. The van der Waals surface area contributed by atoms with Gasteiger partial charge >= 0.3 is 0 Å². The Balaban J connectivity index is 1.37. The average Bonchev–Trinajstić information content (AvgIpc) is 3.36. The summed E-state index contributed by atoms with van der Waals surface area (Å²) < 4.78 is 1.85. The maximum Gasteiger partial charge on any atom is 0.240 e. The quantitative estimate of drug-likeness (QED) is 0.105. The smallest absolute Gasteiger partial charge is 0.240 e. The molecule has 1 aromatic heterocycles. The van der Waals surface area contributed by atoms with Crippen molar-refractivity contribution in [2.24, 2.45) is 5.10 Å². The molecule has 0 aliphatic heterocycles. The third kappa shape index (κ3) is 10.6. The van der Waals surface area contributed by atoms with E-state index in [9.17, 15) is 4.79 Å². The second kappa shape index (κ2) is 17.3. The monoisotopic (exact) mass is 514 g/mol. The predicted octanol–water partition coefficient (Wildman–Crippen LogP) is 8.78. The third-order valence-electron chi connectivity index (χ3n) is 6.99. The molecular formula is C33H46N4O. The molecule has 5 heteroatoms. The molecule has 2 aromatic carbocycles. The number of hydrogen-bond donors (Lipinski definition) is 1. The Morgan fingerprint density at radius 3 is 2.00 bits per heavy atom. The van der Waals surface area contributed by atoms with Crippen LogP contribution in [-0.2, 0) is 4.79 Å². The van der Waals surface area contributed by atoms with Crippen LogP contribution in [0.2, 0.25) is 0 Å². The lowest BCUT2D eigenvalue weighted by Gasteiger charge is -2.03. The van der Waals surface area contributed by atoms with Gasteiger partial charge in [0.1, 0.15) is 5.69 Å². The normalized spacial score (nSPS) is 11.3. The van der Waals surface area contributed by atoms with E-state index in [0.29, 0.717) is 6.42 Å². The van der Waals surface area contributed by atoms with E-state index in [1.54, 1.807) is 6.21 Å². The van der Waals surface area contributed by atoms with E-state index in [1.165, 1.54) is 76.2 Å². The molecule has 0 bridgehead atoms. The van der Waals surface area contributed by atoms with Gasteiger partial charge in [0, 0.05) is 23.7 Å². The lowest BCUT2D eigenvalue weighted by Crippen LogP contribution is -2.16. The summed E-state index contributed by atoms with van der Waals surface area (Å²) in [7, 11) is 0. The lowest BCUT2D eigenvalue weighted by atomic mass is 10.0. The molecule has 0 aliphatic carbocycles. The molecule has 0 fully saturated rings. The van der Waals surface area contributed by atoms with Crippen molar-refractivity contribution >= 4 is 12.1 Å². The number of hydrogen-bond acceptors (Lipinski definition) is 3. The lowest BCUT2D eigenvalue weighted by molar-refractivity contribution is -0.121. The molecule has 0 unspecified atom stereocenters. The first-order chi connectivity index (χ1) is 18.7. The number of amides is 1. The summed E-state index contributed by atoms with van der Waals surface area (Å²) in [6.45, 7) is 4.34. The first kappa shape index (κ1) is 29.3. The summed E-state index contributed by atoms with van der Waals surface area (Å²) >= 11 is 0. The molecular weight excluding hydrogens is 468 g/mol. The van der Waals surface area contributed by atoms with E-state index >= 15 is 0 Å². The first-order valence-corrected chi connectivity index (χ1v) is 14.7. The van der Waals surface area contributed by atoms with Gasteiger partial charge in [0.05, 0.1) is 11.9 Å². The van der Waals surface area contributed by atoms with Gasteiger partial charge in [-0.25, -0.2) is 10.1 Å². The van der Waals surface area contributed by atoms with Crippen molar-refractivity contribution < 1.29 is 4.79 Å². The number of aromatic nitrogens is 2. The largest absolute Gasteiger partial charge is 0.273 e. The predicted molar refractivity (Wildman–Crippen MR) is 160 cm³/mol. The van der Waals surface area contributed by atoms with E-state index in [1.807, 2.05) is 41.2 Å². The van der Waals surface area contributed by atoms with Crippen LogP contribution >= 0.6 is 0 Å². The highest BCUT2D eigenvalue weighted by molar-refractivity contribution is 5.89. The Bertz CT molecular complexity index is 1090. The number of carbonyl (C=O) groups excluding carboxylic acids is 1. The number of unbranched alkanes of at least 4 members (excludes halogenated alkanes) is 12. The van der Waals surface area contributed by atoms with Crippen LogP contribution in [0, 0.1) is 6.92 Å². The zero-order valence-electron chi connectivity index (χ0n) is 23.5. The van der Waals surface area contributed by atoms with Gasteiger partial charge in [-0.3, -0.25) is 4.79 Å². The van der Waals surface area contributed by atoms with Gasteiger partial charge in [-0.1, -0.05) is 132 Å². The summed E-state index contributed by atoms with van der Waals surface area (Å²) in [6, 6.07) is 18.3. The maximum absolute atomic E-state index is 12.3. The van der Waals surface area contributed by atoms with Crippen LogP contribution in [-0.4, -0.2) is 21.9 Å². The van der Waals surface area contributed by atoms with Crippen molar-refractivity contribution in [1.82, 2.24) is 15.2 Å². The minimum Gasteiger partial charge on any atom is -0.273 e. The number of nitrogens with zero attached hydrogens (tertiary/aromatic N) is 3. The zero-order chi connectivity index (χ0) is 26.8. The zero-order valence-corrected chi connectivity index (χ0v) is 23.5. The Labute approximate surface area is 229 Å². The average molecular weight is 515 g/mol. The Hall–Kier alpha value is -3.21. The topological polar surface area (TPSA) is 59.3 Å². The molecule has 0 aliphatic rings. The number of hydrazone groups is 1. The molecule has 0 atom stereocenters. The van der Waals surface area contributed by atoms with Crippen molar-refractivity contribution in [2.45, 2.75) is 104 Å².